The van der Waals surface area contributed by atoms with Crippen molar-refractivity contribution in [3.8, 4) is 23.0 Å². The Bertz CT molecular complexity index is 1060. The Morgan fingerprint density at radius 3 is 1.28 bits per heavy atom. The van der Waals surface area contributed by atoms with E-state index in [9.17, 15) is 0 Å². The molecular weight excluding hydrogens is 447 g/mol. The molecule has 0 aliphatic carbocycles. The van der Waals surface area contributed by atoms with Crippen molar-refractivity contribution in [2.24, 2.45) is 0 Å². The van der Waals surface area contributed by atoms with Gasteiger partial charge in [0.1, 0.15) is 23.0 Å². The average molecular weight is 471 g/mol. The lowest BCUT2D eigenvalue weighted by molar-refractivity contribution is 0.393. The summed E-state index contributed by atoms with van der Waals surface area (Å²) in [6.45, 7) is 0. The highest BCUT2D eigenvalue weighted by Gasteiger charge is 2.09. The Kier molecular flexibility index (Phi) is 8.09. The number of ether oxygens (including phenoxy) is 4. The van der Waals surface area contributed by atoms with Gasteiger partial charge in [0.25, 0.3) is 0 Å². The maximum Gasteiger partial charge on any atom is 0.129 e. The maximum atomic E-state index is 6.53. The largest absolute Gasteiger partial charge is 0.497 e. The van der Waals surface area contributed by atoms with E-state index in [0.717, 1.165) is 33.8 Å². The summed E-state index contributed by atoms with van der Waals surface area (Å²) in [7, 11) is 6.47. The van der Waals surface area contributed by atoms with Gasteiger partial charge in [0.2, 0.25) is 0 Å². The minimum atomic E-state index is 0.583. The van der Waals surface area contributed by atoms with E-state index in [4.69, 9.17) is 42.1 Å². The summed E-state index contributed by atoms with van der Waals surface area (Å²) >= 11 is 13.1. The molecule has 4 nitrogen and oxygen atoms in total. The number of methoxy groups -OCH3 is 4. The van der Waals surface area contributed by atoms with Crippen molar-refractivity contribution in [1.29, 1.82) is 0 Å². The van der Waals surface area contributed by atoms with Gasteiger partial charge >= 0.3 is 0 Å². The van der Waals surface area contributed by atoms with Crippen LogP contribution in [-0.2, 0) is 0 Å². The summed E-state index contributed by atoms with van der Waals surface area (Å²) in [6, 6.07) is 14.8. The predicted molar refractivity (Wildman–Crippen MR) is 133 cm³/mol. The van der Waals surface area contributed by atoms with Crippen molar-refractivity contribution in [2.45, 2.75) is 0 Å². The third-order valence-electron chi connectivity index (χ3n) is 4.92. The molecule has 0 atom stereocenters. The minimum Gasteiger partial charge on any atom is -0.497 e. The fourth-order valence-electron chi connectivity index (χ4n) is 3.18. The molecule has 0 saturated carbocycles. The molecule has 0 amide bonds. The SMILES string of the molecule is COc1ccc(/C=C\c2c(Cl)ccc(Cl)c2/C=C\c2ccc(OC)cc2OC)c(OC)c1. The van der Waals surface area contributed by atoms with E-state index in [1.165, 1.54) is 0 Å². The predicted octanol–water partition coefficient (Wildman–Crippen LogP) is 7.37. The number of hydrogen-bond acceptors (Lipinski definition) is 4. The lowest BCUT2D eigenvalue weighted by Crippen LogP contribution is -1.90. The molecule has 0 radical (unpaired) electrons. The molecule has 0 unspecified atom stereocenters. The van der Waals surface area contributed by atoms with Gasteiger partial charge in [0.15, 0.2) is 0 Å². The van der Waals surface area contributed by atoms with Crippen LogP contribution in [0.2, 0.25) is 10.0 Å². The molecule has 3 aromatic carbocycles. The van der Waals surface area contributed by atoms with Crippen LogP contribution in [0.25, 0.3) is 24.3 Å². The number of benzene rings is 3. The van der Waals surface area contributed by atoms with Gasteiger partial charge in [0.05, 0.1) is 28.4 Å². The Labute approximate surface area is 198 Å². The minimum absolute atomic E-state index is 0.583. The van der Waals surface area contributed by atoms with Gasteiger partial charge in [0, 0.05) is 44.4 Å². The van der Waals surface area contributed by atoms with Crippen LogP contribution in [0.5, 0.6) is 23.0 Å². The molecule has 0 fully saturated rings. The normalized spacial score (nSPS) is 11.2. The van der Waals surface area contributed by atoms with Gasteiger partial charge in [-0.05, 0) is 36.4 Å². The molecule has 0 N–H and O–H groups in total. The third kappa shape index (κ3) is 5.39. The summed E-state index contributed by atoms with van der Waals surface area (Å²) in [4.78, 5) is 0. The first-order chi connectivity index (χ1) is 15.5. The van der Waals surface area contributed by atoms with Crippen LogP contribution >= 0.6 is 23.2 Å². The van der Waals surface area contributed by atoms with Crippen LogP contribution in [0.4, 0.5) is 0 Å². The van der Waals surface area contributed by atoms with E-state index in [1.54, 1.807) is 40.6 Å². The molecule has 6 heteroatoms. The van der Waals surface area contributed by atoms with Crippen molar-refractivity contribution in [1.82, 2.24) is 0 Å². The summed E-state index contributed by atoms with van der Waals surface area (Å²) in [5.41, 5.74) is 3.36. The molecule has 0 bridgehead atoms. The van der Waals surface area contributed by atoms with E-state index in [0.29, 0.717) is 21.5 Å². The zero-order valence-electron chi connectivity index (χ0n) is 18.3. The Balaban J connectivity index is 2.01. The van der Waals surface area contributed by atoms with Crippen molar-refractivity contribution < 1.29 is 18.9 Å². The molecule has 0 saturated heterocycles. The highest BCUT2D eigenvalue weighted by Crippen LogP contribution is 2.33. The quantitative estimate of drug-likeness (QED) is 0.322. The number of halogens is 2. The first-order valence-electron chi connectivity index (χ1n) is 9.79. The van der Waals surface area contributed by atoms with Crippen molar-refractivity contribution in [2.75, 3.05) is 28.4 Å². The van der Waals surface area contributed by atoms with E-state index in [-0.39, 0.29) is 0 Å². The molecule has 0 aliphatic heterocycles. The van der Waals surface area contributed by atoms with Crippen LogP contribution < -0.4 is 18.9 Å². The molecule has 0 spiro atoms. The molecule has 166 valence electrons. The van der Waals surface area contributed by atoms with Crippen molar-refractivity contribution in [3.63, 3.8) is 0 Å². The van der Waals surface area contributed by atoms with Gasteiger partial charge in [-0.3, -0.25) is 0 Å². The van der Waals surface area contributed by atoms with E-state index < -0.39 is 0 Å². The standard InChI is InChI=1S/C26H24Cl2O4/c1-29-19-9-5-17(25(15-19)31-3)7-11-21-22(24(28)14-13-23(21)27)12-8-18-6-10-20(30-2)16-26(18)32-4/h5-16H,1-4H3/b11-7-,12-8-. The molecule has 32 heavy (non-hydrogen) atoms. The number of hydrogen-bond donors (Lipinski definition) is 0. The topological polar surface area (TPSA) is 36.9 Å². The van der Waals surface area contributed by atoms with Gasteiger partial charge in [-0.1, -0.05) is 47.5 Å². The maximum absolute atomic E-state index is 6.53. The van der Waals surface area contributed by atoms with Gasteiger partial charge in [-0.15, -0.1) is 0 Å². The molecular formula is C26H24Cl2O4. The van der Waals surface area contributed by atoms with Gasteiger partial charge < -0.3 is 18.9 Å². The summed E-state index contributed by atoms with van der Waals surface area (Å²) in [5.74, 6) is 2.83. The van der Waals surface area contributed by atoms with Crippen LogP contribution in [0, 0.1) is 0 Å². The second-order valence-electron chi connectivity index (χ2n) is 6.74. The lowest BCUT2D eigenvalue weighted by atomic mass is 10.0. The molecule has 3 rings (SSSR count). The zero-order chi connectivity index (χ0) is 23.1. The van der Waals surface area contributed by atoms with Crippen molar-refractivity contribution >= 4 is 47.5 Å². The summed E-state index contributed by atoms with van der Waals surface area (Å²) < 4.78 is 21.5. The summed E-state index contributed by atoms with van der Waals surface area (Å²) in [6.07, 6.45) is 7.70. The highest BCUT2D eigenvalue weighted by atomic mass is 35.5. The fraction of sp³-hybridized carbons (Fsp3) is 0.154. The average Bonchev–Trinajstić information content (AvgIpc) is 2.83. The first kappa shape index (κ1) is 23.6. The van der Waals surface area contributed by atoms with E-state index in [1.807, 2.05) is 60.7 Å². The lowest BCUT2D eigenvalue weighted by Gasteiger charge is -2.10. The van der Waals surface area contributed by atoms with E-state index in [2.05, 4.69) is 0 Å². The Morgan fingerprint density at radius 1 is 0.531 bits per heavy atom. The summed E-state index contributed by atoms with van der Waals surface area (Å²) in [5, 5.41) is 1.17. The molecule has 0 aliphatic rings. The van der Waals surface area contributed by atoms with Gasteiger partial charge in [-0.25, -0.2) is 0 Å². The highest BCUT2D eigenvalue weighted by molar-refractivity contribution is 6.35. The van der Waals surface area contributed by atoms with Crippen LogP contribution in [0.3, 0.4) is 0 Å². The monoisotopic (exact) mass is 470 g/mol. The second kappa shape index (κ2) is 11.0. The van der Waals surface area contributed by atoms with Gasteiger partial charge in [-0.2, -0.15) is 0 Å². The molecule has 0 heterocycles. The molecule has 3 aromatic rings. The first-order valence-corrected chi connectivity index (χ1v) is 10.5. The van der Waals surface area contributed by atoms with E-state index >= 15 is 0 Å². The van der Waals surface area contributed by atoms with Crippen molar-refractivity contribution in [3.05, 3.63) is 80.8 Å². The molecule has 0 aromatic heterocycles. The van der Waals surface area contributed by atoms with Crippen LogP contribution in [0.15, 0.2) is 48.5 Å². The van der Waals surface area contributed by atoms with Crippen LogP contribution in [-0.4, -0.2) is 28.4 Å². The Hall–Kier alpha value is -3.08. The van der Waals surface area contributed by atoms with Crippen LogP contribution in [0.1, 0.15) is 22.3 Å². The second-order valence-corrected chi connectivity index (χ2v) is 7.55. The zero-order valence-corrected chi connectivity index (χ0v) is 19.8. The fourth-order valence-corrected chi connectivity index (χ4v) is 3.64. The third-order valence-corrected chi connectivity index (χ3v) is 5.58. The number of rotatable bonds is 8. The Morgan fingerprint density at radius 2 is 0.938 bits per heavy atom. The smallest absolute Gasteiger partial charge is 0.129 e.